The van der Waals surface area contributed by atoms with E-state index in [1.807, 2.05) is 31.3 Å². The molecule has 0 spiro atoms. The van der Waals surface area contributed by atoms with E-state index in [0.29, 0.717) is 0 Å². The molecule has 0 atom stereocenters. The molecule has 0 aliphatic carbocycles. The fourth-order valence-corrected chi connectivity index (χ4v) is 0.546. The quantitative estimate of drug-likeness (QED) is 0.480. The van der Waals surface area contributed by atoms with Crippen LogP contribution in [0.15, 0.2) is 24.2 Å². The van der Waals surface area contributed by atoms with Gasteiger partial charge in [-0.2, -0.15) is 0 Å². The van der Waals surface area contributed by atoms with Crippen molar-refractivity contribution in [3.8, 4) is 0 Å². The van der Waals surface area contributed by atoms with Crippen molar-refractivity contribution in [1.29, 1.82) is 0 Å². The number of allylic oxidation sites excluding steroid dienone is 1. The highest BCUT2D eigenvalue weighted by atomic mass is 15.1. The van der Waals surface area contributed by atoms with Crippen LogP contribution in [-0.4, -0.2) is 19.0 Å². The molecule has 1 heterocycles. The fraction of sp³-hybridized carbons (Fsp3) is 0.333. The van der Waals surface area contributed by atoms with Crippen LogP contribution in [0.2, 0.25) is 0 Å². The Morgan fingerprint density at radius 2 is 2.25 bits per heavy atom. The van der Waals surface area contributed by atoms with Crippen molar-refractivity contribution in [2.45, 2.75) is 0 Å². The molecule has 0 fully saturated rings. The molecule has 0 saturated heterocycles. The lowest BCUT2D eigenvalue weighted by Gasteiger charge is -2.08. The zero-order valence-corrected chi connectivity index (χ0v) is 5.13. The van der Waals surface area contributed by atoms with Crippen LogP contribution in [0.4, 0.5) is 0 Å². The summed E-state index contributed by atoms with van der Waals surface area (Å²) >= 11 is 0. The summed E-state index contributed by atoms with van der Waals surface area (Å²) in [6.07, 6.45) is 5.59. The van der Waals surface area contributed by atoms with Crippen LogP contribution < -0.4 is 5.32 Å². The van der Waals surface area contributed by atoms with E-state index in [4.69, 9.17) is 0 Å². The van der Waals surface area contributed by atoms with Crippen LogP contribution in [0.1, 0.15) is 0 Å². The maximum atomic E-state index is 3.90. The Labute approximate surface area is 49.5 Å². The maximum absolute atomic E-state index is 3.90. The Hall–Kier alpha value is -0.920. The first-order valence-corrected chi connectivity index (χ1v) is 2.55. The minimum Gasteiger partial charge on any atom is -0.376 e. The molecular weight excluding hydrogens is 100 g/mol. The summed E-state index contributed by atoms with van der Waals surface area (Å²) in [6, 6.07) is 0. The summed E-state index contributed by atoms with van der Waals surface area (Å²) in [5.41, 5.74) is 1.16. The zero-order chi connectivity index (χ0) is 5.98. The van der Waals surface area contributed by atoms with Gasteiger partial charge in [-0.1, -0.05) is 0 Å². The first-order chi connectivity index (χ1) is 3.80. The highest BCUT2D eigenvalue weighted by molar-refractivity contribution is 5.21. The summed E-state index contributed by atoms with van der Waals surface area (Å²) in [6.45, 7) is 0. The molecule has 43 valence electrons. The second-order valence-corrected chi connectivity index (χ2v) is 1.91. The summed E-state index contributed by atoms with van der Waals surface area (Å²) in [5.74, 6) is 0. The van der Waals surface area contributed by atoms with E-state index in [1.54, 1.807) is 6.20 Å². The first-order valence-electron chi connectivity index (χ1n) is 2.55. The van der Waals surface area contributed by atoms with Gasteiger partial charge in [0.2, 0.25) is 0 Å². The fourth-order valence-electron chi connectivity index (χ4n) is 0.546. The van der Waals surface area contributed by atoms with Gasteiger partial charge < -0.3 is 4.90 Å². The lowest BCUT2D eigenvalue weighted by atomic mass is 10.4. The minimum atomic E-state index is 1.16. The average Bonchev–Trinajstić information content (AvgIpc) is 2.12. The highest BCUT2D eigenvalue weighted by Crippen LogP contribution is 2.03. The molecular formula is C6H9N2. The summed E-state index contributed by atoms with van der Waals surface area (Å²) in [7, 11) is 3.99. The molecule has 1 rings (SSSR count). The van der Waals surface area contributed by atoms with E-state index in [1.165, 1.54) is 0 Å². The molecule has 0 bridgehead atoms. The standard InChI is InChI=1S/C6H9N2/c1-8(2)6-3-4-7-5-6/h3-5H,1-2H3. The van der Waals surface area contributed by atoms with Crippen molar-refractivity contribution < 1.29 is 0 Å². The van der Waals surface area contributed by atoms with Crippen molar-refractivity contribution in [3.05, 3.63) is 24.2 Å². The Balaban J connectivity index is 2.58. The molecule has 0 saturated carbocycles. The molecule has 0 unspecified atom stereocenters. The first kappa shape index (κ1) is 5.22. The number of rotatable bonds is 1. The Morgan fingerprint density at radius 3 is 2.50 bits per heavy atom. The smallest absolute Gasteiger partial charge is 0.0562 e. The molecule has 0 aromatic rings. The van der Waals surface area contributed by atoms with Gasteiger partial charge in [0.25, 0.3) is 0 Å². The van der Waals surface area contributed by atoms with Crippen molar-refractivity contribution in [2.75, 3.05) is 14.1 Å². The second kappa shape index (κ2) is 1.90. The minimum absolute atomic E-state index is 1.16. The molecule has 2 nitrogen and oxygen atoms in total. The van der Waals surface area contributed by atoms with Crippen molar-refractivity contribution in [2.24, 2.45) is 0 Å². The maximum Gasteiger partial charge on any atom is 0.0562 e. The van der Waals surface area contributed by atoms with E-state index in [9.17, 15) is 0 Å². The average molecular weight is 109 g/mol. The van der Waals surface area contributed by atoms with Gasteiger partial charge in [-0.3, -0.25) is 5.32 Å². The van der Waals surface area contributed by atoms with Crippen molar-refractivity contribution in [1.82, 2.24) is 10.2 Å². The number of hydrogen-bond acceptors (Lipinski definition) is 1. The van der Waals surface area contributed by atoms with E-state index < -0.39 is 0 Å². The summed E-state index contributed by atoms with van der Waals surface area (Å²) in [4.78, 5) is 2.02. The van der Waals surface area contributed by atoms with Gasteiger partial charge >= 0.3 is 0 Å². The number of hydrogen-bond donors (Lipinski definition) is 0. The molecule has 1 radical (unpaired) electrons. The third-order valence-corrected chi connectivity index (χ3v) is 1.05. The van der Waals surface area contributed by atoms with Crippen molar-refractivity contribution >= 4 is 0 Å². The number of nitrogens with zero attached hydrogens (tertiary/aromatic N) is 2. The predicted molar refractivity (Wildman–Crippen MR) is 33.0 cm³/mol. The summed E-state index contributed by atoms with van der Waals surface area (Å²) < 4.78 is 0. The van der Waals surface area contributed by atoms with Gasteiger partial charge in [0.15, 0.2) is 0 Å². The van der Waals surface area contributed by atoms with Crippen LogP contribution in [0, 0.1) is 0 Å². The molecule has 0 aromatic heterocycles. The van der Waals surface area contributed by atoms with Gasteiger partial charge in [-0.15, -0.1) is 0 Å². The zero-order valence-electron chi connectivity index (χ0n) is 5.13. The Kier molecular flexibility index (Phi) is 1.24. The van der Waals surface area contributed by atoms with Crippen LogP contribution in [0.5, 0.6) is 0 Å². The Bertz CT molecular complexity index is 133. The van der Waals surface area contributed by atoms with E-state index >= 15 is 0 Å². The third-order valence-electron chi connectivity index (χ3n) is 1.05. The topological polar surface area (TPSA) is 17.3 Å². The van der Waals surface area contributed by atoms with Crippen LogP contribution in [0.25, 0.3) is 0 Å². The number of likely N-dealkylation sites (N-methyl/N-ethyl adjacent to an activating group) is 1. The molecule has 2 heteroatoms. The Morgan fingerprint density at radius 1 is 1.50 bits per heavy atom. The third kappa shape index (κ3) is 0.832. The van der Waals surface area contributed by atoms with E-state index in [2.05, 4.69) is 5.32 Å². The molecule has 1 aliphatic rings. The lowest BCUT2D eigenvalue weighted by Crippen LogP contribution is -2.07. The molecule has 0 N–H and O–H groups in total. The van der Waals surface area contributed by atoms with Gasteiger partial charge in [0, 0.05) is 20.3 Å². The largest absolute Gasteiger partial charge is 0.376 e. The van der Waals surface area contributed by atoms with Gasteiger partial charge in [-0.25, -0.2) is 0 Å². The highest BCUT2D eigenvalue weighted by Gasteiger charge is 1.97. The van der Waals surface area contributed by atoms with Crippen LogP contribution >= 0.6 is 0 Å². The van der Waals surface area contributed by atoms with Crippen molar-refractivity contribution in [3.63, 3.8) is 0 Å². The molecule has 0 aromatic carbocycles. The lowest BCUT2D eigenvalue weighted by molar-refractivity contribution is 0.530. The summed E-state index contributed by atoms with van der Waals surface area (Å²) in [5, 5.41) is 3.90. The van der Waals surface area contributed by atoms with E-state index in [-0.39, 0.29) is 0 Å². The second-order valence-electron chi connectivity index (χ2n) is 1.91. The molecule has 0 amide bonds. The predicted octanol–water partition coefficient (Wildman–Crippen LogP) is 0.521. The van der Waals surface area contributed by atoms with Gasteiger partial charge in [-0.05, 0) is 6.08 Å². The van der Waals surface area contributed by atoms with Gasteiger partial charge in [0.05, 0.1) is 11.9 Å². The van der Waals surface area contributed by atoms with Crippen LogP contribution in [-0.2, 0) is 0 Å². The van der Waals surface area contributed by atoms with Crippen LogP contribution in [0.3, 0.4) is 0 Å². The monoisotopic (exact) mass is 109 g/mol. The normalized spacial score (nSPS) is 15.5. The molecule has 8 heavy (non-hydrogen) atoms. The molecule has 1 aliphatic heterocycles. The van der Waals surface area contributed by atoms with E-state index in [0.717, 1.165) is 5.70 Å². The SMILES string of the molecule is CN(C)C1=C[N]C=C1. The van der Waals surface area contributed by atoms with Gasteiger partial charge in [0.1, 0.15) is 0 Å².